The number of amides is 1. The molecule has 1 aromatic heterocycles. The Labute approximate surface area is 121 Å². The molecular formula is C16H26N2O2. The molecule has 0 unspecified atom stereocenters. The molecule has 112 valence electrons. The Morgan fingerprint density at radius 2 is 2.15 bits per heavy atom. The highest BCUT2D eigenvalue weighted by molar-refractivity contribution is 5.82. The minimum absolute atomic E-state index is 0.0713. The van der Waals surface area contributed by atoms with Crippen molar-refractivity contribution in [2.24, 2.45) is 11.7 Å². The number of hydrogen-bond donors (Lipinski definition) is 1. The van der Waals surface area contributed by atoms with Gasteiger partial charge in [-0.1, -0.05) is 26.7 Å². The molecule has 0 aromatic carbocycles. The molecule has 1 aliphatic rings. The van der Waals surface area contributed by atoms with Gasteiger partial charge in [0.2, 0.25) is 5.91 Å². The molecule has 1 amide bonds. The highest BCUT2D eigenvalue weighted by Crippen LogP contribution is 2.26. The van der Waals surface area contributed by atoms with Crippen LogP contribution in [0.4, 0.5) is 0 Å². The molecule has 4 heteroatoms. The average Bonchev–Trinajstić information content (AvgIpc) is 3.07. The summed E-state index contributed by atoms with van der Waals surface area (Å²) >= 11 is 0. The van der Waals surface area contributed by atoms with Gasteiger partial charge in [-0.25, -0.2) is 0 Å². The summed E-state index contributed by atoms with van der Waals surface area (Å²) in [7, 11) is 0. The second kappa shape index (κ2) is 6.93. The molecule has 0 aliphatic heterocycles. The third-order valence-electron chi connectivity index (χ3n) is 4.00. The van der Waals surface area contributed by atoms with Crippen LogP contribution in [-0.2, 0) is 11.3 Å². The third-order valence-corrected chi connectivity index (χ3v) is 4.00. The van der Waals surface area contributed by atoms with Crippen molar-refractivity contribution in [1.82, 2.24) is 4.90 Å². The monoisotopic (exact) mass is 278 g/mol. The van der Waals surface area contributed by atoms with E-state index >= 15 is 0 Å². The van der Waals surface area contributed by atoms with Crippen molar-refractivity contribution < 1.29 is 9.21 Å². The minimum Gasteiger partial charge on any atom is -0.467 e. The van der Waals surface area contributed by atoms with Crippen LogP contribution >= 0.6 is 0 Å². The Bertz CT molecular complexity index is 408. The van der Waals surface area contributed by atoms with Crippen LogP contribution in [0.1, 0.15) is 51.7 Å². The summed E-state index contributed by atoms with van der Waals surface area (Å²) in [6, 6.07) is 3.71. The van der Waals surface area contributed by atoms with Crippen molar-refractivity contribution in [1.29, 1.82) is 0 Å². The lowest BCUT2D eigenvalue weighted by atomic mass is 10.0. The molecule has 0 spiro atoms. The SMILES string of the molecule is CC(C)C[C@@H](N)C(=O)N(Cc1ccco1)C1CCCC1. The Kier molecular flexibility index (Phi) is 5.24. The second-order valence-electron chi connectivity index (χ2n) is 6.22. The summed E-state index contributed by atoms with van der Waals surface area (Å²) in [5.74, 6) is 1.34. The smallest absolute Gasteiger partial charge is 0.240 e. The fourth-order valence-electron chi connectivity index (χ4n) is 3.00. The zero-order valence-electron chi connectivity index (χ0n) is 12.5. The molecule has 1 fully saturated rings. The van der Waals surface area contributed by atoms with Crippen molar-refractivity contribution in [3.63, 3.8) is 0 Å². The second-order valence-corrected chi connectivity index (χ2v) is 6.22. The van der Waals surface area contributed by atoms with Crippen LogP contribution in [0.2, 0.25) is 0 Å². The van der Waals surface area contributed by atoms with E-state index in [1.807, 2.05) is 17.0 Å². The zero-order valence-corrected chi connectivity index (χ0v) is 12.5. The molecule has 0 saturated heterocycles. The van der Waals surface area contributed by atoms with E-state index in [1.54, 1.807) is 6.26 Å². The highest BCUT2D eigenvalue weighted by atomic mass is 16.3. The van der Waals surface area contributed by atoms with Crippen LogP contribution in [0.3, 0.4) is 0 Å². The van der Waals surface area contributed by atoms with Gasteiger partial charge < -0.3 is 15.1 Å². The van der Waals surface area contributed by atoms with Gasteiger partial charge in [0.05, 0.1) is 18.8 Å². The van der Waals surface area contributed by atoms with Crippen molar-refractivity contribution in [3.8, 4) is 0 Å². The summed E-state index contributed by atoms with van der Waals surface area (Å²) < 4.78 is 5.40. The summed E-state index contributed by atoms with van der Waals surface area (Å²) in [6.07, 6.45) is 6.96. The molecule has 1 saturated carbocycles. The van der Waals surface area contributed by atoms with Crippen molar-refractivity contribution >= 4 is 5.91 Å². The van der Waals surface area contributed by atoms with Crippen molar-refractivity contribution in [2.75, 3.05) is 0 Å². The van der Waals surface area contributed by atoms with Gasteiger partial charge in [0.25, 0.3) is 0 Å². The number of nitrogens with zero attached hydrogens (tertiary/aromatic N) is 1. The van der Waals surface area contributed by atoms with E-state index in [9.17, 15) is 4.79 Å². The summed E-state index contributed by atoms with van der Waals surface area (Å²) in [4.78, 5) is 14.6. The quantitative estimate of drug-likeness (QED) is 0.870. The molecule has 1 aliphatic carbocycles. The molecule has 0 bridgehead atoms. The fraction of sp³-hybridized carbons (Fsp3) is 0.688. The fourth-order valence-corrected chi connectivity index (χ4v) is 3.00. The van der Waals surface area contributed by atoms with E-state index in [-0.39, 0.29) is 5.91 Å². The Morgan fingerprint density at radius 1 is 1.45 bits per heavy atom. The van der Waals surface area contributed by atoms with E-state index in [2.05, 4.69) is 13.8 Å². The molecule has 4 nitrogen and oxygen atoms in total. The number of rotatable bonds is 6. The normalized spacial score (nSPS) is 17.6. The van der Waals surface area contributed by atoms with E-state index in [0.29, 0.717) is 18.5 Å². The molecular weight excluding hydrogens is 252 g/mol. The van der Waals surface area contributed by atoms with Crippen LogP contribution in [0.15, 0.2) is 22.8 Å². The first-order chi connectivity index (χ1) is 9.58. The van der Waals surface area contributed by atoms with Crippen LogP contribution in [0, 0.1) is 5.92 Å². The first-order valence-electron chi connectivity index (χ1n) is 7.66. The number of furan rings is 1. The van der Waals surface area contributed by atoms with E-state index in [4.69, 9.17) is 10.2 Å². The van der Waals surface area contributed by atoms with E-state index in [0.717, 1.165) is 25.0 Å². The van der Waals surface area contributed by atoms with E-state index < -0.39 is 6.04 Å². The predicted molar refractivity (Wildman–Crippen MR) is 78.9 cm³/mol. The standard InChI is InChI=1S/C16H26N2O2/c1-12(2)10-15(17)16(19)18(13-6-3-4-7-13)11-14-8-5-9-20-14/h5,8-9,12-13,15H,3-4,6-7,10-11,17H2,1-2H3/t15-/m1/s1. The van der Waals surface area contributed by atoms with Gasteiger partial charge in [0.15, 0.2) is 0 Å². The summed E-state index contributed by atoms with van der Waals surface area (Å²) in [6.45, 7) is 4.74. The molecule has 1 aromatic rings. The molecule has 2 rings (SSSR count). The van der Waals surface area contributed by atoms with Gasteiger partial charge in [0, 0.05) is 6.04 Å². The van der Waals surface area contributed by atoms with Crippen LogP contribution < -0.4 is 5.73 Å². The molecule has 1 atom stereocenters. The lowest BCUT2D eigenvalue weighted by Gasteiger charge is -2.31. The van der Waals surface area contributed by atoms with Gasteiger partial charge >= 0.3 is 0 Å². The predicted octanol–water partition coefficient (Wildman–Crippen LogP) is 2.92. The highest BCUT2D eigenvalue weighted by Gasteiger charge is 2.30. The average molecular weight is 278 g/mol. The third kappa shape index (κ3) is 3.85. The number of carbonyl (C=O) groups excluding carboxylic acids is 1. The maximum atomic E-state index is 12.7. The first kappa shape index (κ1) is 15.1. The largest absolute Gasteiger partial charge is 0.467 e. The summed E-state index contributed by atoms with van der Waals surface area (Å²) in [5, 5.41) is 0. The Hall–Kier alpha value is -1.29. The summed E-state index contributed by atoms with van der Waals surface area (Å²) in [5.41, 5.74) is 6.09. The van der Waals surface area contributed by atoms with Gasteiger partial charge in [0.1, 0.15) is 5.76 Å². The number of carbonyl (C=O) groups is 1. The van der Waals surface area contributed by atoms with Crippen LogP contribution in [0.5, 0.6) is 0 Å². The lowest BCUT2D eigenvalue weighted by molar-refractivity contribution is -0.136. The first-order valence-corrected chi connectivity index (χ1v) is 7.66. The topological polar surface area (TPSA) is 59.5 Å². The van der Waals surface area contributed by atoms with Gasteiger partial charge in [-0.2, -0.15) is 0 Å². The van der Waals surface area contributed by atoms with E-state index in [1.165, 1.54) is 12.8 Å². The Balaban J connectivity index is 2.06. The van der Waals surface area contributed by atoms with Crippen molar-refractivity contribution in [2.45, 2.75) is 64.6 Å². The van der Waals surface area contributed by atoms with Gasteiger partial charge in [-0.15, -0.1) is 0 Å². The molecule has 0 radical (unpaired) electrons. The molecule has 1 heterocycles. The van der Waals surface area contributed by atoms with Gasteiger partial charge in [-0.05, 0) is 37.3 Å². The Morgan fingerprint density at radius 3 is 2.70 bits per heavy atom. The van der Waals surface area contributed by atoms with Gasteiger partial charge in [-0.3, -0.25) is 4.79 Å². The molecule has 20 heavy (non-hydrogen) atoms. The maximum absolute atomic E-state index is 12.7. The maximum Gasteiger partial charge on any atom is 0.240 e. The number of nitrogens with two attached hydrogens (primary N) is 1. The van der Waals surface area contributed by atoms with Crippen molar-refractivity contribution in [3.05, 3.63) is 24.2 Å². The lowest BCUT2D eigenvalue weighted by Crippen LogP contribution is -2.47. The van der Waals surface area contributed by atoms with Crippen LogP contribution in [0.25, 0.3) is 0 Å². The zero-order chi connectivity index (χ0) is 14.5. The van der Waals surface area contributed by atoms with Crippen LogP contribution in [-0.4, -0.2) is 22.9 Å². The molecule has 2 N–H and O–H groups in total. The number of hydrogen-bond acceptors (Lipinski definition) is 3. The minimum atomic E-state index is -0.398.